The molecule has 0 saturated heterocycles. The Balaban J connectivity index is 2.33. The van der Waals surface area contributed by atoms with Gasteiger partial charge in [-0.15, -0.1) is 0 Å². The second kappa shape index (κ2) is 2.89. The highest BCUT2D eigenvalue weighted by atomic mass is 16.5. The first kappa shape index (κ1) is 8.60. The molecule has 0 atom stereocenters. The minimum absolute atomic E-state index is 0.689. The van der Waals surface area contributed by atoms with Crippen LogP contribution in [-0.2, 0) is 13.7 Å². The molecule has 0 saturated carbocycles. The third kappa shape index (κ3) is 1.11. The number of benzene rings is 1. The van der Waals surface area contributed by atoms with Crippen LogP contribution in [0.25, 0.3) is 11.3 Å². The normalized spacial score (nSPS) is 12.9. The molecule has 2 nitrogen and oxygen atoms in total. The number of hydrogen-bond acceptors (Lipinski definition) is 1. The zero-order valence-electron chi connectivity index (χ0n) is 8.95. The fourth-order valence-electron chi connectivity index (χ4n) is 2.22. The molecule has 0 bridgehead atoms. The lowest BCUT2D eigenvalue weighted by molar-refractivity contribution is 0.302. The van der Waals surface area contributed by atoms with Crippen molar-refractivity contribution in [3.8, 4) is 17.0 Å². The molecule has 2 heteroatoms. The number of para-hydroxylation sites is 1. The molecule has 1 aromatic carbocycles. The van der Waals surface area contributed by atoms with Crippen LogP contribution in [0.2, 0.25) is 0 Å². The summed E-state index contributed by atoms with van der Waals surface area (Å²) in [5.41, 5.74) is 5.07. The van der Waals surface area contributed by atoms with Crippen LogP contribution in [0.3, 0.4) is 0 Å². The van der Waals surface area contributed by atoms with Crippen molar-refractivity contribution in [2.45, 2.75) is 13.5 Å². The fourth-order valence-corrected chi connectivity index (χ4v) is 2.22. The number of aryl methyl sites for hydroxylation is 1. The summed E-state index contributed by atoms with van der Waals surface area (Å²) in [4.78, 5) is 0. The summed E-state index contributed by atoms with van der Waals surface area (Å²) in [7, 11) is 2.11. The fraction of sp³-hybridized carbons (Fsp3) is 0.231. The minimum atomic E-state index is 0.689. The van der Waals surface area contributed by atoms with E-state index in [2.05, 4.69) is 36.7 Å². The van der Waals surface area contributed by atoms with E-state index in [0.29, 0.717) is 6.61 Å². The molecule has 0 aliphatic carbocycles. The second-order valence-corrected chi connectivity index (χ2v) is 4.00. The molecule has 1 aliphatic rings. The van der Waals surface area contributed by atoms with Gasteiger partial charge in [-0.25, -0.2) is 0 Å². The summed E-state index contributed by atoms with van der Waals surface area (Å²) in [6.45, 7) is 2.81. The second-order valence-electron chi connectivity index (χ2n) is 4.00. The van der Waals surface area contributed by atoms with Gasteiger partial charge in [0.1, 0.15) is 12.4 Å². The lowest BCUT2D eigenvalue weighted by Crippen LogP contribution is -2.06. The molecule has 76 valence electrons. The maximum Gasteiger partial charge on any atom is 0.129 e. The van der Waals surface area contributed by atoms with E-state index in [9.17, 15) is 0 Å². The molecule has 0 unspecified atom stereocenters. The highest BCUT2D eigenvalue weighted by Crippen LogP contribution is 2.38. The Labute approximate surface area is 89.1 Å². The predicted octanol–water partition coefficient (Wildman–Crippen LogP) is 2.89. The Hall–Kier alpha value is -1.70. The first-order valence-electron chi connectivity index (χ1n) is 5.15. The molecule has 0 spiro atoms. The Morgan fingerprint density at radius 1 is 1.27 bits per heavy atom. The Bertz CT molecular complexity index is 525. The SMILES string of the molecule is Cc1cc2c(n1C)-c1ccccc1OC2. The van der Waals surface area contributed by atoms with Gasteiger partial charge in [-0.05, 0) is 25.1 Å². The topological polar surface area (TPSA) is 14.2 Å². The third-order valence-corrected chi connectivity index (χ3v) is 3.08. The van der Waals surface area contributed by atoms with E-state index < -0.39 is 0 Å². The number of fused-ring (bicyclic) bond motifs is 3. The minimum Gasteiger partial charge on any atom is -0.488 e. The molecule has 3 rings (SSSR count). The van der Waals surface area contributed by atoms with Crippen molar-refractivity contribution in [3.63, 3.8) is 0 Å². The van der Waals surface area contributed by atoms with Gasteiger partial charge in [-0.3, -0.25) is 0 Å². The monoisotopic (exact) mass is 199 g/mol. The Kier molecular flexibility index (Phi) is 1.66. The maximum atomic E-state index is 5.70. The molecule has 2 heterocycles. The van der Waals surface area contributed by atoms with Gasteiger partial charge < -0.3 is 9.30 Å². The van der Waals surface area contributed by atoms with Gasteiger partial charge in [-0.2, -0.15) is 0 Å². The van der Waals surface area contributed by atoms with Crippen molar-refractivity contribution < 1.29 is 4.74 Å². The van der Waals surface area contributed by atoms with Crippen LogP contribution in [0.4, 0.5) is 0 Å². The van der Waals surface area contributed by atoms with Gasteiger partial charge >= 0.3 is 0 Å². The van der Waals surface area contributed by atoms with E-state index in [1.807, 2.05) is 12.1 Å². The average Bonchev–Trinajstić information content (AvgIpc) is 2.55. The zero-order valence-corrected chi connectivity index (χ0v) is 8.95. The van der Waals surface area contributed by atoms with E-state index in [0.717, 1.165) is 5.75 Å². The van der Waals surface area contributed by atoms with Crippen molar-refractivity contribution in [1.29, 1.82) is 0 Å². The average molecular weight is 199 g/mol. The highest BCUT2D eigenvalue weighted by molar-refractivity contribution is 5.73. The van der Waals surface area contributed by atoms with Crippen molar-refractivity contribution >= 4 is 0 Å². The van der Waals surface area contributed by atoms with Gasteiger partial charge in [0.25, 0.3) is 0 Å². The standard InChI is InChI=1S/C13H13NO/c1-9-7-10-8-15-12-6-4-3-5-11(12)13(10)14(9)2/h3-7H,8H2,1-2H3. The first-order valence-corrected chi connectivity index (χ1v) is 5.15. The molecule has 2 aromatic rings. The molecule has 1 aromatic heterocycles. The Morgan fingerprint density at radius 3 is 2.93 bits per heavy atom. The van der Waals surface area contributed by atoms with Crippen molar-refractivity contribution in [3.05, 3.63) is 41.6 Å². The van der Waals surface area contributed by atoms with E-state index >= 15 is 0 Å². The molecule has 15 heavy (non-hydrogen) atoms. The molecule has 0 radical (unpaired) electrons. The predicted molar refractivity (Wildman–Crippen MR) is 59.9 cm³/mol. The quantitative estimate of drug-likeness (QED) is 0.636. The molecule has 0 N–H and O–H groups in total. The smallest absolute Gasteiger partial charge is 0.129 e. The van der Waals surface area contributed by atoms with Crippen LogP contribution in [0.1, 0.15) is 11.3 Å². The number of hydrogen-bond donors (Lipinski definition) is 0. The first-order chi connectivity index (χ1) is 7.27. The molecule has 0 amide bonds. The summed E-state index contributed by atoms with van der Waals surface area (Å²) in [6.07, 6.45) is 0. The number of ether oxygens (including phenoxy) is 1. The van der Waals surface area contributed by atoms with Gasteiger partial charge in [0, 0.05) is 23.9 Å². The third-order valence-electron chi connectivity index (χ3n) is 3.08. The van der Waals surface area contributed by atoms with Crippen LogP contribution in [0.5, 0.6) is 5.75 Å². The molecule has 0 fully saturated rings. The number of rotatable bonds is 0. The summed E-state index contributed by atoms with van der Waals surface area (Å²) < 4.78 is 7.94. The molecule has 1 aliphatic heterocycles. The van der Waals surface area contributed by atoms with Crippen LogP contribution in [0.15, 0.2) is 30.3 Å². The van der Waals surface area contributed by atoms with Crippen LogP contribution < -0.4 is 4.74 Å². The van der Waals surface area contributed by atoms with E-state index in [1.165, 1.54) is 22.5 Å². The van der Waals surface area contributed by atoms with Crippen molar-refractivity contribution in [1.82, 2.24) is 4.57 Å². The van der Waals surface area contributed by atoms with Crippen LogP contribution in [-0.4, -0.2) is 4.57 Å². The van der Waals surface area contributed by atoms with Crippen LogP contribution >= 0.6 is 0 Å². The lowest BCUT2D eigenvalue weighted by Gasteiger charge is -2.19. The van der Waals surface area contributed by atoms with Gasteiger partial charge in [-0.1, -0.05) is 12.1 Å². The van der Waals surface area contributed by atoms with Crippen molar-refractivity contribution in [2.24, 2.45) is 7.05 Å². The summed E-state index contributed by atoms with van der Waals surface area (Å²) in [5.74, 6) is 0.992. The van der Waals surface area contributed by atoms with Crippen LogP contribution in [0, 0.1) is 6.92 Å². The summed E-state index contributed by atoms with van der Waals surface area (Å²) in [5, 5.41) is 0. The van der Waals surface area contributed by atoms with E-state index in [-0.39, 0.29) is 0 Å². The Morgan fingerprint density at radius 2 is 2.07 bits per heavy atom. The maximum absolute atomic E-state index is 5.70. The zero-order chi connectivity index (χ0) is 10.4. The van der Waals surface area contributed by atoms with Gasteiger partial charge in [0.15, 0.2) is 0 Å². The van der Waals surface area contributed by atoms with Gasteiger partial charge in [0.2, 0.25) is 0 Å². The van der Waals surface area contributed by atoms with Crippen molar-refractivity contribution in [2.75, 3.05) is 0 Å². The molecular weight excluding hydrogens is 186 g/mol. The summed E-state index contributed by atoms with van der Waals surface area (Å²) >= 11 is 0. The molecular formula is C13H13NO. The van der Waals surface area contributed by atoms with Gasteiger partial charge in [0.05, 0.1) is 5.69 Å². The lowest BCUT2D eigenvalue weighted by atomic mass is 10.0. The largest absolute Gasteiger partial charge is 0.488 e. The number of aromatic nitrogens is 1. The summed E-state index contributed by atoms with van der Waals surface area (Å²) in [6, 6.07) is 10.4. The van der Waals surface area contributed by atoms with E-state index in [4.69, 9.17) is 4.74 Å². The van der Waals surface area contributed by atoms with E-state index in [1.54, 1.807) is 0 Å². The number of nitrogens with zero attached hydrogens (tertiary/aromatic N) is 1. The highest BCUT2D eigenvalue weighted by Gasteiger charge is 2.20.